The van der Waals surface area contributed by atoms with Gasteiger partial charge in [-0.1, -0.05) is 46.5 Å². The van der Waals surface area contributed by atoms with Gasteiger partial charge in [-0.25, -0.2) is 4.98 Å². The molecule has 2 aromatic rings. The van der Waals surface area contributed by atoms with Crippen molar-refractivity contribution >= 4 is 40.4 Å². The van der Waals surface area contributed by atoms with E-state index in [-0.39, 0.29) is 23.5 Å². The molecule has 1 aromatic carbocycles. The molecule has 0 saturated carbocycles. The molecule has 0 aliphatic carbocycles. The maximum atomic E-state index is 9.01. The number of hydrogen-bond acceptors (Lipinski definition) is 5. The van der Waals surface area contributed by atoms with E-state index in [9.17, 15) is 0 Å². The summed E-state index contributed by atoms with van der Waals surface area (Å²) in [4.78, 5) is 4.12. The van der Waals surface area contributed by atoms with Crippen molar-refractivity contribution in [3.05, 3.63) is 63.9 Å². The fourth-order valence-electron chi connectivity index (χ4n) is 1.91. The lowest BCUT2D eigenvalue weighted by molar-refractivity contribution is 0.291. The van der Waals surface area contributed by atoms with Gasteiger partial charge in [0.2, 0.25) is 0 Å². The molecule has 132 valence electrons. The number of alkyl halides is 1. The molecule has 0 radical (unpaired) electrons. The molecule has 0 bridgehead atoms. The predicted octanol–water partition coefficient (Wildman–Crippen LogP) is 3.88. The van der Waals surface area contributed by atoms with Gasteiger partial charge >= 0.3 is 6.01 Å². The summed E-state index contributed by atoms with van der Waals surface area (Å²) in [5.41, 5.74) is 2.21. The molecule has 5 nitrogen and oxygen atoms in total. The van der Waals surface area contributed by atoms with Crippen LogP contribution in [0.1, 0.15) is 11.3 Å². The molecule has 0 saturated heterocycles. The van der Waals surface area contributed by atoms with E-state index in [4.69, 9.17) is 44.6 Å². The first-order chi connectivity index (χ1) is 12.1. The molecule has 0 aliphatic rings. The number of aromatic nitrogens is 3. The topological polar surface area (TPSA) is 68.1 Å². The minimum Gasteiger partial charge on any atom is -0.462 e. The smallest absolute Gasteiger partial charge is 0.335 e. The van der Waals surface area contributed by atoms with Gasteiger partial charge in [0.15, 0.2) is 0 Å². The monoisotopic (exact) mass is 399 g/mol. The average molecular weight is 401 g/mol. The molecule has 1 heterocycles. The van der Waals surface area contributed by atoms with Crippen LogP contribution in [0.25, 0.3) is 5.57 Å². The van der Waals surface area contributed by atoms with Crippen molar-refractivity contribution < 1.29 is 9.84 Å². The van der Waals surface area contributed by atoms with E-state index in [1.807, 2.05) is 24.3 Å². The van der Waals surface area contributed by atoms with Gasteiger partial charge in [0, 0.05) is 27.9 Å². The summed E-state index contributed by atoms with van der Waals surface area (Å²) in [5, 5.41) is 18.0. The van der Waals surface area contributed by atoms with E-state index < -0.39 is 0 Å². The van der Waals surface area contributed by atoms with Crippen LogP contribution >= 0.6 is 34.8 Å². The third-order valence-electron chi connectivity index (χ3n) is 3.13. The Morgan fingerprint density at radius 1 is 1.20 bits per heavy atom. The van der Waals surface area contributed by atoms with E-state index in [2.05, 4.69) is 15.2 Å². The Balaban J connectivity index is 1.96. The van der Waals surface area contributed by atoms with Gasteiger partial charge in [-0.2, -0.15) is 0 Å². The first kappa shape index (κ1) is 19.7. The van der Waals surface area contributed by atoms with Crippen LogP contribution in [0, 0.1) is 0 Å². The summed E-state index contributed by atoms with van der Waals surface area (Å²) in [6.07, 6.45) is 5.48. The Kier molecular flexibility index (Phi) is 8.15. The van der Waals surface area contributed by atoms with Crippen molar-refractivity contribution in [1.29, 1.82) is 0 Å². The summed E-state index contributed by atoms with van der Waals surface area (Å²) < 4.78 is 5.49. The number of ether oxygens (including phenoxy) is 1. The number of benzene rings is 1. The molecule has 0 spiro atoms. The van der Waals surface area contributed by atoms with Crippen LogP contribution in [0.2, 0.25) is 5.02 Å². The molecule has 25 heavy (non-hydrogen) atoms. The molecule has 0 unspecified atom stereocenters. The van der Waals surface area contributed by atoms with Crippen LogP contribution in [0.3, 0.4) is 0 Å². The number of hydrogen-bond donors (Lipinski definition) is 1. The molecule has 8 heteroatoms. The maximum Gasteiger partial charge on any atom is 0.335 e. The zero-order chi connectivity index (χ0) is 18.1. The van der Waals surface area contributed by atoms with Gasteiger partial charge in [0.25, 0.3) is 0 Å². The van der Waals surface area contributed by atoms with Crippen molar-refractivity contribution in [1.82, 2.24) is 15.2 Å². The van der Waals surface area contributed by atoms with Crippen LogP contribution in [0.5, 0.6) is 6.01 Å². The highest BCUT2D eigenvalue weighted by Gasteiger charge is 2.06. The standard InChI is InChI=1S/C17H16Cl3N3O2/c18-7-5-13(9-15(20)11-24)16-10-21-17(23-22-16)25-8-6-12-1-3-14(19)4-2-12/h1-5,9-10,24H,6-8,11H2/b13-5+,15-9+. The van der Waals surface area contributed by atoms with Gasteiger partial charge in [0.05, 0.1) is 19.4 Å². The van der Waals surface area contributed by atoms with Gasteiger partial charge in [-0.15, -0.1) is 16.7 Å². The number of halogens is 3. The molecular weight excluding hydrogens is 385 g/mol. The van der Waals surface area contributed by atoms with Crippen LogP contribution in [0.15, 0.2) is 47.6 Å². The molecule has 1 N–H and O–H groups in total. The Bertz CT molecular complexity index is 732. The van der Waals surface area contributed by atoms with Gasteiger partial charge in [-0.3, -0.25) is 0 Å². The first-order valence-corrected chi connectivity index (χ1v) is 8.72. The highest BCUT2D eigenvalue weighted by molar-refractivity contribution is 6.30. The summed E-state index contributed by atoms with van der Waals surface area (Å²) in [5.74, 6) is 0.266. The highest BCUT2D eigenvalue weighted by Crippen LogP contribution is 2.17. The maximum absolute atomic E-state index is 9.01. The van der Waals surface area contributed by atoms with Crippen molar-refractivity contribution in [3.63, 3.8) is 0 Å². The zero-order valence-corrected chi connectivity index (χ0v) is 15.5. The van der Waals surface area contributed by atoms with E-state index >= 15 is 0 Å². The normalized spacial score (nSPS) is 12.3. The van der Waals surface area contributed by atoms with Gasteiger partial charge < -0.3 is 9.84 Å². The number of allylic oxidation sites excluding steroid dienone is 3. The fraction of sp³-hybridized carbons (Fsp3) is 0.235. The SMILES string of the molecule is OC/C(Cl)=C\C(=C/CCl)c1cnc(OCCc2ccc(Cl)cc2)nn1. The lowest BCUT2D eigenvalue weighted by atomic mass is 10.2. The fourth-order valence-corrected chi connectivity index (χ4v) is 2.32. The van der Waals surface area contributed by atoms with Crippen molar-refractivity contribution in [2.75, 3.05) is 19.1 Å². The Hall–Kier alpha value is -1.66. The van der Waals surface area contributed by atoms with Crippen LogP contribution in [0.4, 0.5) is 0 Å². The number of rotatable bonds is 8. The third kappa shape index (κ3) is 6.63. The minimum absolute atomic E-state index is 0.181. The van der Waals surface area contributed by atoms with E-state index in [0.717, 1.165) is 5.56 Å². The van der Waals surface area contributed by atoms with Gasteiger partial charge in [0.1, 0.15) is 5.69 Å². The lowest BCUT2D eigenvalue weighted by Crippen LogP contribution is -2.06. The second-order valence-corrected chi connectivity index (χ2v) is 6.14. The van der Waals surface area contributed by atoms with Crippen LogP contribution in [-0.4, -0.2) is 39.4 Å². The Morgan fingerprint density at radius 3 is 2.56 bits per heavy atom. The highest BCUT2D eigenvalue weighted by atomic mass is 35.5. The average Bonchev–Trinajstić information content (AvgIpc) is 2.63. The van der Waals surface area contributed by atoms with E-state index in [1.165, 1.54) is 6.20 Å². The summed E-state index contributed by atoms with van der Waals surface area (Å²) in [6, 6.07) is 7.72. The second-order valence-electron chi connectivity index (χ2n) is 4.91. The first-order valence-electron chi connectivity index (χ1n) is 7.42. The summed E-state index contributed by atoms with van der Waals surface area (Å²) in [6.45, 7) is 0.150. The summed E-state index contributed by atoms with van der Waals surface area (Å²) in [7, 11) is 0. The molecule has 1 aromatic heterocycles. The minimum atomic E-state index is -0.270. The number of nitrogens with zero attached hydrogens (tertiary/aromatic N) is 3. The molecule has 0 atom stereocenters. The van der Waals surface area contributed by atoms with E-state index in [0.29, 0.717) is 29.3 Å². The zero-order valence-electron chi connectivity index (χ0n) is 13.2. The molecule has 2 rings (SSSR count). The molecule has 0 fully saturated rings. The van der Waals surface area contributed by atoms with Gasteiger partial charge in [-0.05, 0) is 23.8 Å². The van der Waals surface area contributed by atoms with E-state index in [1.54, 1.807) is 12.2 Å². The molecule has 0 aliphatic heterocycles. The largest absolute Gasteiger partial charge is 0.462 e. The quantitative estimate of drug-likeness (QED) is 0.538. The van der Waals surface area contributed by atoms with Crippen LogP contribution < -0.4 is 4.74 Å². The summed E-state index contributed by atoms with van der Waals surface area (Å²) >= 11 is 17.4. The Labute approximate surface area is 160 Å². The number of aliphatic hydroxyl groups is 1. The number of aliphatic hydroxyl groups excluding tert-OH is 1. The molecular formula is C17H16Cl3N3O2. The van der Waals surface area contributed by atoms with Crippen molar-refractivity contribution in [2.24, 2.45) is 0 Å². The molecule has 0 amide bonds. The van der Waals surface area contributed by atoms with Crippen LogP contribution in [-0.2, 0) is 6.42 Å². The lowest BCUT2D eigenvalue weighted by Gasteiger charge is -2.05. The predicted molar refractivity (Wildman–Crippen MR) is 100 cm³/mol. The third-order valence-corrected chi connectivity index (χ3v) is 3.77. The Morgan fingerprint density at radius 2 is 1.96 bits per heavy atom. The van der Waals surface area contributed by atoms with Crippen molar-refractivity contribution in [2.45, 2.75) is 6.42 Å². The van der Waals surface area contributed by atoms with Crippen molar-refractivity contribution in [3.8, 4) is 6.01 Å². The second kappa shape index (κ2) is 10.4.